The van der Waals surface area contributed by atoms with Crippen molar-refractivity contribution in [3.05, 3.63) is 35.4 Å². The standard InChI is InChI=1S/C13H16N2O3/c1-8-5-4-6-10-12(13(17)18-3)14-11(15(8)10)7-9(2)16/h4-6,9,16H,7H2,1-3H3. The maximum absolute atomic E-state index is 11.7. The number of imidazole rings is 1. The number of nitrogens with zero attached hydrogens (tertiary/aromatic N) is 2. The maximum Gasteiger partial charge on any atom is 0.358 e. The number of hydrogen-bond acceptors (Lipinski definition) is 4. The van der Waals surface area contributed by atoms with Gasteiger partial charge in [0.25, 0.3) is 0 Å². The Morgan fingerprint density at radius 2 is 2.28 bits per heavy atom. The molecule has 0 bridgehead atoms. The van der Waals surface area contributed by atoms with E-state index in [9.17, 15) is 9.90 Å². The van der Waals surface area contributed by atoms with Crippen LogP contribution < -0.4 is 0 Å². The highest BCUT2D eigenvalue weighted by atomic mass is 16.5. The number of aliphatic hydroxyl groups is 1. The van der Waals surface area contributed by atoms with Crippen LogP contribution in [0.25, 0.3) is 5.52 Å². The van der Waals surface area contributed by atoms with Crippen LogP contribution in [0.2, 0.25) is 0 Å². The van der Waals surface area contributed by atoms with Crippen LogP contribution >= 0.6 is 0 Å². The average molecular weight is 248 g/mol. The molecule has 1 atom stereocenters. The molecule has 0 aliphatic rings. The topological polar surface area (TPSA) is 63.8 Å². The fourth-order valence-electron chi connectivity index (χ4n) is 2.03. The van der Waals surface area contributed by atoms with Crippen LogP contribution in [-0.2, 0) is 11.2 Å². The van der Waals surface area contributed by atoms with Gasteiger partial charge in [0.1, 0.15) is 5.82 Å². The smallest absolute Gasteiger partial charge is 0.358 e. The van der Waals surface area contributed by atoms with E-state index < -0.39 is 12.1 Å². The quantitative estimate of drug-likeness (QED) is 0.833. The molecule has 1 N–H and O–H groups in total. The van der Waals surface area contributed by atoms with Gasteiger partial charge in [0, 0.05) is 12.1 Å². The van der Waals surface area contributed by atoms with E-state index in [0.29, 0.717) is 17.8 Å². The first-order valence-electron chi connectivity index (χ1n) is 5.78. The number of hydrogen-bond donors (Lipinski definition) is 1. The van der Waals surface area contributed by atoms with Crippen molar-refractivity contribution < 1.29 is 14.6 Å². The van der Waals surface area contributed by atoms with E-state index in [1.165, 1.54) is 7.11 Å². The van der Waals surface area contributed by atoms with Crippen LogP contribution in [0.1, 0.15) is 28.9 Å². The Bertz CT molecular complexity index is 587. The van der Waals surface area contributed by atoms with Crippen molar-refractivity contribution >= 4 is 11.5 Å². The van der Waals surface area contributed by atoms with Crippen LogP contribution in [0.4, 0.5) is 0 Å². The lowest BCUT2D eigenvalue weighted by atomic mass is 10.2. The Kier molecular flexibility index (Phi) is 3.34. The highest BCUT2D eigenvalue weighted by molar-refractivity contribution is 5.95. The van der Waals surface area contributed by atoms with Crippen molar-refractivity contribution in [2.24, 2.45) is 0 Å². The monoisotopic (exact) mass is 248 g/mol. The van der Waals surface area contributed by atoms with Crippen molar-refractivity contribution in [2.45, 2.75) is 26.4 Å². The summed E-state index contributed by atoms with van der Waals surface area (Å²) in [6.45, 7) is 3.62. The van der Waals surface area contributed by atoms with Crippen molar-refractivity contribution in [1.82, 2.24) is 9.38 Å². The molecule has 2 heterocycles. The lowest BCUT2D eigenvalue weighted by Crippen LogP contribution is -2.09. The molecule has 0 aromatic carbocycles. The predicted octanol–water partition coefficient (Wildman–Crippen LogP) is 1.35. The summed E-state index contributed by atoms with van der Waals surface area (Å²) < 4.78 is 6.60. The van der Waals surface area contributed by atoms with Crippen molar-refractivity contribution in [1.29, 1.82) is 0 Å². The van der Waals surface area contributed by atoms with Gasteiger partial charge in [0.15, 0.2) is 5.69 Å². The minimum atomic E-state index is -0.513. The highest BCUT2D eigenvalue weighted by Crippen LogP contribution is 2.17. The third-order valence-electron chi connectivity index (χ3n) is 2.78. The Balaban J connectivity index is 2.67. The zero-order chi connectivity index (χ0) is 13.3. The summed E-state index contributed by atoms with van der Waals surface area (Å²) in [6, 6.07) is 5.62. The number of pyridine rings is 1. The largest absolute Gasteiger partial charge is 0.464 e. The normalized spacial score (nSPS) is 12.7. The fourth-order valence-corrected chi connectivity index (χ4v) is 2.03. The first-order chi connectivity index (χ1) is 8.54. The molecule has 2 aromatic rings. The van der Waals surface area contributed by atoms with Crippen molar-refractivity contribution in [2.75, 3.05) is 7.11 Å². The molecule has 0 spiro atoms. The fraction of sp³-hybridized carbons (Fsp3) is 0.385. The molecular weight excluding hydrogens is 232 g/mol. The van der Waals surface area contributed by atoms with E-state index in [1.54, 1.807) is 6.92 Å². The molecule has 2 aromatic heterocycles. The van der Waals surface area contributed by atoms with Gasteiger partial charge < -0.3 is 14.2 Å². The molecule has 0 aliphatic carbocycles. The van der Waals surface area contributed by atoms with Gasteiger partial charge in [-0.05, 0) is 26.0 Å². The van der Waals surface area contributed by atoms with Gasteiger partial charge in [-0.2, -0.15) is 0 Å². The first kappa shape index (κ1) is 12.6. The van der Waals surface area contributed by atoms with Crippen molar-refractivity contribution in [3.63, 3.8) is 0 Å². The summed E-state index contributed by atoms with van der Waals surface area (Å²) in [5.74, 6) is 0.202. The van der Waals surface area contributed by atoms with E-state index in [1.807, 2.05) is 29.5 Å². The van der Waals surface area contributed by atoms with Gasteiger partial charge in [-0.3, -0.25) is 0 Å². The molecule has 0 saturated carbocycles. The molecule has 0 aliphatic heterocycles. The second kappa shape index (κ2) is 4.78. The van der Waals surface area contributed by atoms with Gasteiger partial charge in [-0.15, -0.1) is 0 Å². The third kappa shape index (κ3) is 2.09. The number of fused-ring (bicyclic) bond motifs is 1. The number of methoxy groups -OCH3 is 1. The molecule has 5 heteroatoms. The summed E-state index contributed by atoms with van der Waals surface area (Å²) in [7, 11) is 1.33. The zero-order valence-electron chi connectivity index (χ0n) is 10.7. The van der Waals surface area contributed by atoms with Crippen LogP contribution in [0.5, 0.6) is 0 Å². The summed E-state index contributed by atoms with van der Waals surface area (Å²) >= 11 is 0. The molecule has 96 valence electrons. The van der Waals surface area contributed by atoms with Gasteiger partial charge in [-0.25, -0.2) is 9.78 Å². The molecule has 5 nitrogen and oxygen atoms in total. The van der Waals surface area contributed by atoms with Gasteiger partial charge in [-0.1, -0.05) is 6.07 Å². The lowest BCUT2D eigenvalue weighted by molar-refractivity contribution is 0.0596. The molecule has 0 radical (unpaired) electrons. The number of aliphatic hydroxyl groups excluding tert-OH is 1. The number of aromatic nitrogens is 2. The van der Waals surface area contributed by atoms with E-state index in [4.69, 9.17) is 4.74 Å². The van der Waals surface area contributed by atoms with E-state index in [2.05, 4.69) is 4.98 Å². The molecule has 0 saturated heterocycles. The molecular formula is C13H16N2O3. The Morgan fingerprint density at radius 1 is 1.56 bits per heavy atom. The van der Waals surface area contributed by atoms with E-state index in [-0.39, 0.29) is 5.69 Å². The highest BCUT2D eigenvalue weighted by Gasteiger charge is 2.19. The lowest BCUT2D eigenvalue weighted by Gasteiger charge is -2.06. The summed E-state index contributed by atoms with van der Waals surface area (Å²) in [5, 5.41) is 9.49. The van der Waals surface area contributed by atoms with Crippen LogP contribution in [0, 0.1) is 6.92 Å². The summed E-state index contributed by atoms with van der Waals surface area (Å²) in [5.41, 5.74) is 1.96. The predicted molar refractivity (Wildman–Crippen MR) is 66.7 cm³/mol. The molecule has 0 amide bonds. The first-order valence-corrected chi connectivity index (χ1v) is 5.78. The van der Waals surface area contributed by atoms with Crippen LogP contribution in [-0.4, -0.2) is 33.7 Å². The third-order valence-corrected chi connectivity index (χ3v) is 2.78. The summed E-state index contributed by atoms with van der Waals surface area (Å²) in [4.78, 5) is 16.0. The van der Waals surface area contributed by atoms with Gasteiger partial charge in [0.05, 0.1) is 18.7 Å². The van der Waals surface area contributed by atoms with E-state index >= 15 is 0 Å². The zero-order valence-corrected chi connectivity index (χ0v) is 10.7. The Morgan fingerprint density at radius 3 is 2.89 bits per heavy atom. The molecule has 0 fully saturated rings. The minimum absolute atomic E-state index is 0.289. The summed E-state index contributed by atoms with van der Waals surface area (Å²) in [6.07, 6.45) is -0.121. The molecule has 2 rings (SSSR count). The number of aryl methyl sites for hydroxylation is 1. The molecule has 1 unspecified atom stereocenters. The number of rotatable bonds is 3. The second-order valence-corrected chi connectivity index (χ2v) is 4.31. The minimum Gasteiger partial charge on any atom is -0.464 e. The van der Waals surface area contributed by atoms with Gasteiger partial charge >= 0.3 is 5.97 Å². The number of esters is 1. The van der Waals surface area contributed by atoms with Crippen LogP contribution in [0.15, 0.2) is 18.2 Å². The average Bonchev–Trinajstić information content (AvgIpc) is 2.68. The second-order valence-electron chi connectivity index (χ2n) is 4.31. The Hall–Kier alpha value is -1.88. The molecule has 18 heavy (non-hydrogen) atoms. The number of carbonyl (C=O) groups excluding carboxylic acids is 1. The van der Waals surface area contributed by atoms with Crippen molar-refractivity contribution in [3.8, 4) is 0 Å². The van der Waals surface area contributed by atoms with E-state index in [0.717, 1.165) is 5.69 Å². The SMILES string of the molecule is COC(=O)c1nc(CC(C)O)n2c(C)cccc12. The number of ether oxygens (including phenoxy) is 1. The Labute approximate surface area is 105 Å². The van der Waals surface area contributed by atoms with Crippen LogP contribution in [0.3, 0.4) is 0 Å². The maximum atomic E-state index is 11.7. The number of carbonyl (C=O) groups is 1. The van der Waals surface area contributed by atoms with Gasteiger partial charge in [0.2, 0.25) is 0 Å².